The Balaban J connectivity index is 1.29. The van der Waals surface area contributed by atoms with E-state index in [1.54, 1.807) is 16.8 Å². The molecule has 0 radical (unpaired) electrons. The number of aromatic nitrogens is 6. The predicted octanol–water partition coefficient (Wildman–Crippen LogP) is -1.10. The molecule has 2 saturated carbocycles. The maximum absolute atomic E-state index is 11.5. The van der Waals surface area contributed by atoms with E-state index < -0.39 is 5.69 Å². The van der Waals surface area contributed by atoms with E-state index in [1.165, 1.54) is 12.8 Å². The van der Waals surface area contributed by atoms with Crippen molar-refractivity contribution in [3.8, 4) is 5.88 Å². The number of nitrogens with zero attached hydrogens (tertiary/aromatic N) is 7. The van der Waals surface area contributed by atoms with Crippen molar-refractivity contribution in [3.63, 3.8) is 0 Å². The number of piperazine rings is 1. The van der Waals surface area contributed by atoms with Crippen molar-refractivity contribution in [2.75, 3.05) is 51.6 Å². The number of fused-ring (bicyclic) bond motifs is 1. The van der Waals surface area contributed by atoms with Gasteiger partial charge >= 0.3 is 5.69 Å². The minimum absolute atomic E-state index is 0.223. The van der Waals surface area contributed by atoms with Crippen LogP contribution in [0.25, 0.3) is 11.7 Å². The highest BCUT2D eigenvalue weighted by molar-refractivity contribution is 5.57. The Morgan fingerprint density at radius 3 is 2.71 bits per heavy atom. The molecule has 0 unspecified atom stereocenters. The van der Waals surface area contributed by atoms with Crippen LogP contribution in [0.4, 0.5) is 5.95 Å². The molecule has 6 rings (SSSR count). The van der Waals surface area contributed by atoms with Crippen LogP contribution < -0.4 is 21.8 Å². The second-order valence-electron chi connectivity index (χ2n) is 9.96. The molecular formula is C22H30N10O2. The van der Waals surface area contributed by atoms with Crippen LogP contribution in [0.15, 0.2) is 16.0 Å². The molecule has 2 aliphatic carbocycles. The zero-order valence-corrected chi connectivity index (χ0v) is 19.3. The SMILES string of the molecule is CN1CCN(CC2(CNc3nc(=NC4CC4)n4ncc(=Cc5[nH]c(=O)[nH]c5O)c4n3)CC2)CC1. The van der Waals surface area contributed by atoms with E-state index >= 15 is 0 Å². The van der Waals surface area contributed by atoms with Crippen LogP contribution in [-0.4, -0.2) is 96.8 Å². The fraction of sp³-hybridized carbons (Fsp3) is 0.591. The van der Waals surface area contributed by atoms with E-state index in [2.05, 4.69) is 42.2 Å². The number of hydrogen-bond donors (Lipinski definition) is 4. The second-order valence-corrected chi connectivity index (χ2v) is 9.96. The molecule has 34 heavy (non-hydrogen) atoms. The van der Waals surface area contributed by atoms with Crippen molar-refractivity contribution >= 4 is 17.7 Å². The van der Waals surface area contributed by atoms with E-state index in [1.807, 2.05) is 0 Å². The van der Waals surface area contributed by atoms with E-state index in [0.29, 0.717) is 22.4 Å². The summed E-state index contributed by atoms with van der Waals surface area (Å²) in [5.74, 6) is 0.303. The smallest absolute Gasteiger partial charge is 0.326 e. The molecule has 0 spiro atoms. The Labute approximate surface area is 195 Å². The van der Waals surface area contributed by atoms with E-state index in [9.17, 15) is 9.90 Å². The largest absolute Gasteiger partial charge is 0.493 e. The molecular weight excluding hydrogens is 436 g/mol. The lowest BCUT2D eigenvalue weighted by molar-refractivity contribution is 0.133. The number of likely N-dealkylation sites (N-methyl/N-ethyl adjacent to an activating group) is 1. The quantitative estimate of drug-likeness (QED) is 0.344. The first kappa shape index (κ1) is 21.3. The van der Waals surface area contributed by atoms with Crippen molar-refractivity contribution in [3.05, 3.63) is 33.2 Å². The highest BCUT2D eigenvalue weighted by Gasteiger charge is 2.44. The first-order valence-corrected chi connectivity index (χ1v) is 11.9. The first-order chi connectivity index (χ1) is 16.5. The number of imidazole rings is 1. The van der Waals surface area contributed by atoms with E-state index in [4.69, 9.17) is 9.98 Å². The number of nitrogens with one attached hydrogen (secondary N) is 3. The summed E-state index contributed by atoms with van der Waals surface area (Å²) in [5, 5.41) is 18.5. The lowest BCUT2D eigenvalue weighted by Crippen LogP contribution is -2.47. The molecule has 3 aromatic heterocycles. The van der Waals surface area contributed by atoms with Crippen molar-refractivity contribution < 1.29 is 5.11 Å². The van der Waals surface area contributed by atoms with Gasteiger partial charge in [0.05, 0.1) is 12.2 Å². The van der Waals surface area contributed by atoms with Crippen molar-refractivity contribution in [1.82, 2.24) is 39.3 Å². The van der Waals surface area contributed by atoms with Crippen molar-refractivity contribution in [2.45, 2.75) is 31.7 Å². The molecule has 12 heteroatoms. The summed E-state index contributed by atoms with van der Waals surface area (Å²) in [6, 6.07) is 0.277. The van der Waals surface area contributed by atoms with Crippen LogP contribution in [0.1, 0.15) is 31.4 Å². The number of aromatic amines is 2. The molecule has 3 fully saturated rings. The molecule has 0 aromatic carbocycles. The van der Waals surface area contributed by atoms with Crippen LogP contribution in [0.2, 0.25) is 0 Å². The van der Waals surface area contributed by atoms with E-state index in [-0.39, 0.29) is 23.0 Å². The van der Waals surface area contributed by atoms with Crippen LogP contribution in [-0.2, 0) is 0 Å². The number of anilines is 1. The van der Waals surface area contributed by atoms with Crippen molar-refractivity contribution in [2.24, 2.45) is 10.4 Å². The number of rotatable bonds is 7. The molecule has 0 atom stereocenters. The third-order valence-corrected chi connectivity index (χ3v) is 6.99. The lowest BCUT2D eigenvalue weighted by atomic mass is 10.1. The fourth-order valence-electron chi connectivity index (χ4n) is 4.47. The van der Waals surface area contributed by atoms with Crippen molar-refractivity contribution in [1.29, 1.82) is 0 Å². The Morgan fingerprint density at radius 1 is 1.24 bits per heavy atom. The predicted molar refractivity (Wildman–Crippen MR) is 125 cm³/mol. The molecule has 1 aliphatic heterocycles. The van der Waals surface area contributed by atoms with Gasteiger partial charge in [0.1, 0.15) is 5.69 Å². The Kier molecular flexibility index (Phi) is 5.14. The second kappa shape index (κ2) is 8.20. The van der Waals surface area contributed by atoms with Gasteiger partial charge in [-0.05, 0) is 38.8 Å². The normalized spacial score (nSPS) is 22.0. The summed E-state index contributed by atoms with van der Waals surface area (Å²) in [6.45, 7) is 6.40. The van der Waals surface area contributed by atoms with Gasteiger partial charge in [-0.2, -0.15) is 19.6 Å². The minimum Gasteiger partial charge on any atom is -0.493 e. The molecule has 4 heterocycles. The van der Waals surface area contributed by atoms with Gasteiger partial charge in [-0.25, -0.2) is 9.79 Å². The Bertz CT molecular complexity index is 1370. The van der Waals surface area contributed by atoms with Gasteiger partial charge < -0.3 is 25.2 Å². The number of aromatic hydroxyl groups is 1. The van der Waals surface area contributed by atoms with Gasteiger partial charge in [0.25, 0.3) is 5.62 Å². The van der Waals surface area contributed by atoms with Gasteiger partial charge in [-0.3, -0.25) is 4.98 Å². The molecule has 4 N–H and O–H groups in total. The standard InChI is InChI=1S/C22H30N10O2/c1-30-6-8-31(9-7-30)13-22(4-5-22)12-23-19-27-17-14(10-16-18(33)28-21(34)26-16)11-24-32(17)20(29-19)25-15-2-3-15/h10-11,15,33H,2-9,12-13H2,1H3,(H,23,25,29)(H2,26,28,34). The average Bonchev–Trinajstić information content (AvgIpc) is 3.72. The summed E-state index contributed by atoms with van der Waals surface area (Å²) in [6.07, 6.45) is 7.81. The van der Waals surface area contributed by atoms with Gasteiger partial charge in [-0.1, -0.05) is 0 Å². The molecule has 0 amide bonds. The van der Waals surface area contributed by atoms with Crippen LogP contribution in [0.5, 0.6) is 5.88 Å². The Morgan fingerprint density at radius 2 is 2.03 bits per heavy atom. The summed E-state index contributed by atoms with van der Waals surface area (Å²) in [7, 11) is 2.18. The highest BCUT2D eigenvalue weighted by Crippen LogP contribution is 2.46. The molecule has 3 aliphatic rings. The molecule has 3 aromatic rings. The number of hydrogen-bond acceptors (Lipinski definition) is 9. The summed E-state index contributed by atoms with van der Waals surface area (Å²) in [4.78, 5) is 35.5. The monoisotopic (exact) mass is 466 g/mol. The highest BCUT2D eigenvalue weighted by atomic mass is 16.3. The molecule has 180 valence electrons. The van der Waals surface area contributed by atoms with Gasteiger partial charge in [0.2, 0.25) is 11.8 Å². The minimum atomic E-state index is -0.475. The summed E-state index contributed by atoms with van der Waals surface area (Å²) in [5.41, 5.74) is 1.16. The third kappa shape index (κ3) is 4.42. The molecule has 1 saturated heterocycles. The number of H-pyrrole nitrogens is 2. The fourth-order valence-corrected chi connectivity index (χ4v) is 4.47. The van der Waals surface area contributed by atoms with Crippen LogP contribution in [0, 0.1) is 5.41 Å². The zero-order chi connectivity index (χ0) is 23.3. The molecule has 12 nitrogen and oxygen atoms in total. The summed E-state index contributed by atoms with van der Waals surface area (Å²) >= 11 is 0. The van der Waals surface area contributed by atoms with Gasteiger partial charge in [0, 0.05) is 49.9 Å². The maximum Gasteiger partial charge on any atom is 0.326 e. The lowest BCUT2D eigenvalue weighted by Gasteiger charge is -2.34. The summed E-state index contributed by atoms with van der Waals surface area (Å²) < 4.78 is 1.62. The maximum atomic E-state index is 11.5. The van der Waals surface area contributed by atoms with E-state index in [0.717, 1.165) is 52.1 Å². The Hall–Kier alpha value is -3.25. The first-order valence-electron chi connectivity index (χ1n) is 11.9. The van der Waals surface area contributed by atoms with Gasteiger partial charge in [0.15, 0.2) is 5.65 Å². The topological polar surface area (TPSA) is 143 Å². The zero-order valence-electron chi connectivity index (χ0n) is 19.3. The van der Waals surface area contributed by atoms with Gasteiger partial charge in [-0.15, -0.1) is 0 Å². The van der Waals surface area contributed by atoms with Crippen LogP contribution >= 0.6 is 0 Å². The average molecular weight is 467 g/mol. The molecule has 0 bridgehead atoms. The van der Waals surface area contributed by atoms with Crippen LogP contribution in [0.3, 0.4) is 0 Å². The third-order valence-electron chi connectivity index (χ3n) is 6.99.